The molecule has 10 heteroatoms. The first-order valence-electron chi connectivity index (χ1n) is 8.69. The van der Waals surface area contributed by atoms with E-state index in [1.165, 1.54) is 0 Å². The number of imidazole rings is 1. The minimum absolute atomic E-state index is 0.0850. The number of nitrogens with zero attached hydrogens (tertiary/aromatic N) is 4. The number of carbonyl (C=O) groups excluding carboxylic acids is 1. The van der Waals surface area contributed by atoms with Crippen LogP contribution in [0.5, 0.6) is 0 Å². The second-order valence-corrected chi connectivity index (χ2v) is 8.47. The number of rotatable bonds is 5. The van der Waals surface area contributed by atoms with E-state index in [1.54, 1.807) is 27.2 Å². The molecule has 5 aromatic rings. The molecule has 0 radical (unpaired) electrons. The molecule has 0 aliphatic carbocycles. The molecule has 0 bridgehead atoms. The summed E-state index contributed by atoms with van der Waals surface area (Å²) in [6.07, 6.45) is 3.97. The van der Waals surface area contributed by atoms with Crippen molar-refractivity contribution < 1.29 is 4.79 Å². The van der Waals surface area contributed by atoms with Crippen LogP contribution in [0, 0.1) is 4.77 Å². The predicted molar refractivity (Wildman–Crippen MR) is 118 cm³/mol. The molecule has 4 aromatic heterocycles. The zero-order valence-corrected chi connectivity index (χ0v) is 17.4. The third kappa shape index (κ3) is 3.53. The van der Waals surface area contributed by atoms with Crippen LogP contribution in [0.4, 0.5) is 5.69 Å². The molecular weight excluding hydrogens is 424 g/mol. The van der Waals surface area contributed by atoms with E-state index in [2.05, 4.69) is 20.5 Å². The summed E-state index contributed by atoms with van der Waals surface area (Å²) in [6, 6.07) is 11.5. The molecule has 0 aliphatic heterocycles. The average Bonchev–Trinajstić information content (AvgIpc) is 3.47. The number of amides is 1. The lowest BCUT2D eigenvalue weighted by Crippen LogP contribution is -2.19. The van der Waals surface area contributed by atoms with E-state index in [9.17, 15) is 4.79 Å². The van der Waals surface area contributed by atoms with Crippen LogP contribution in [0.2, 0.25) is 0 Å². The number of benzene rings is 1. The molecule has 1 amide bonds. The number of thiazole rings is 1. The third-order valence-electron chi connectivity index (χ3n) is 4.36. The number of nitrogens with one attached hydrogen (secondary N) is 2. The number of aromatic amines is 1. The van der Waals surface area contributed by atoms with Crippen LogP contribution in [0.15, 0.2) is 59.6 Å². The molecule has 0 saturated carbocycles. The molecule has 0 spiro atoms. The van der Waals surface area contributed by atoms with Crippen LogP contribution in [0.25, 0.3) is 26.9 Å². The standard InChI is InChI=1S/C19H14N6OS3/c26-16(11-25-17(22-23-18(25)27)15-2-1-8-28-15)20-13-5-3-12(4-6-13)14-10-24-7-9-29-19(24)21-14/h1-10H,11H2,(H,20,26)(H,23,27). The van der Waals surface area contributed by atoms with Gasteiger partial charge in [-0.1, -0.05) is 18.2 Å². The topological polar surface area (TPSA) is 80.0 Å². The number of carbonyl (C=O) groups is 1. The summed E-state index contributed by atoms with van der Waals surface area (Å²) in [5, 5.41) is 13.9. The van der Waals surface area contributed by atoms with Crippen molar-refractivity contribution in [2.75, 3.05) is 5.32 Å². The first-order chi connectivity index (χ1) is 14.2. The summed E-state index contributed by atoms with van der Waals surface area (Å²) in [5.41, 5.74) is 2.61. The van der Waals surface area contributed by atoms with Gasteiger partial charge in [0.2, 0.25) is 5.91 Å². The number of hydrogen-bond donors (Lipinski definition) is 2. The van der Waals surface area contributed by atoms with Gasteiger partial charge in [-0.25, -0.2) is 4.98 Å². The van der Waals surface area contributed by atoms with Crippen molar-refractivity contribution in [3.63, 3.8) is 0 Å². The average molecular weight is 439 g/mol. The van der Waals surface area contributed by atoms with Crippen molar-refractivity contribution in [2.45, 2.75) is 6.54 Å². The number of anilines is 1. The fourth-order valence-electron chi connectivity index (χ4n) is 2.99. The molecule has 5 rings (SSSR count). The van der Waals surface area contributed by atoms with E-state index in [0.717, 1.165) is 21.1 Å². The Hall–Kier alpha value is -3.08. The first-order valence-corrected chi connectivity index (χ1v) is 10.9. The molecule has 2 N–H and O–H groups in total. The minimum Gasteiger partial charge on any atom is -0.325 e. The Morgan fingerprint density at radius 1 is 1.17 bits per heavy atom. The number of hydrogen-bond acceptors (Lipinski definition) is 6. The SMILES string of the molecule is O=C(Cn1c(-c2cccs2)n[nH]c1=S)Nc1ccc(-c2cn3ccsc3n2)cc1. The maximum Gasteiger partial charge on any atom is 0.244 e. The second kappa shape index (κ2) is 7.39. The molecule has 0 aliphatic rings. The lowest BCUT2D eigenvalue weighted by atomic mass is 10.1. The summed E-state index contributed by atoms with van der Waals surface area (Å²) < 4.78 is 4.11. The highest BCUT2D eigenvalue weighted by Crippen LogP contribution is 2.24. The molecule has 0 atom stereocenters. The summed E-state index contributed by atoms with van der Waals surface area (Å²) >= 11 is 8.42. The highest BCUT2D eigenvalue weighted by Gasteiger charge is 2.13. The molecule has 144 valence electrons. The first kappa shape index (κ1) is 18.0. The second-order valence-electron chi connectivity index (χ2n) is 6.26. The molecule has 0 unspecified atom stereocenters. The zero-order chi connectivity index (χ0) is 19.8. The van der Waals surface area contributed by atoms with E-state index in [4.69, 9.17) is 12.2 Å². The van der Waals surface area contributed by atoms with Crippen LogP contribution in [-0.2, 0) is 11.3 Å². The molecular formula is C19H14N6OS3. The quantitative estimate of drug-likeness (QED) is 0.390. The Kier molecular flexibility index (Phi) is 4.58. The summed E-state index contributed by atoms with van der Waals surface area (Å²) in [7, 11) is 0. The molecule has 0 fully saturated rings. The molecule has 4 heterocycles. The van der Waals surface area contributed by atoms with Crippen LogP contribution in [0.3, 0.4) is 0 Å². The molecule has 0 saturated heterocycles. The summed E-state index contributed by atoms with van der Waals surface area (Å²) in [6.45, 7) is 0.0850. The Morgan fingerprint density at radius 3 is 2.79 bits per heavy atom. The van der Waals surface area contributed by atoms with Crippen LogP contribution >= 0.6 is 34.9 Å². The van der Waals surface area contributed by atoms with Gasteiger partial charge in [0.15, 0.2) is 15.6 Å². The Labute approximate surface area is 178 Å². The van der Waals surface area contributed by atoms with Gasteiger partial charge in [-0.05, 0) is 35.8 Å². The fraction of sp³-hybridized carbons (Fsp3) is 0.0526. The maximum absolute atomic E-state index is 12.6. The van der Waals surface area contributed by atoms with Crippen LogP contribution in [-0.4, -0.2) is 30.1 Å². The number of thiophene rings is 1. The van der Waals surface area contributed by atoms with Crippen molar-refractivity contribution >= 4 is 51.4 Å². The van der Waals surface area contributed by atoms with E-state index in [-0.39, 0.29) is 12.5 Å². The van der Waals surface area contributed by atoms with Crippen molar-refractivity contribution in [3.05, 3.63) is 64.3 Å². The van der Waals surface area contributed by atoms with Gasteiger partial charge in [-0.2, -0.15) is 5.10 Å². The predicted octanol–water partition coefficient (Wildman–Crippen LogP) is 4.68. The van der Waals surface area contributed by atoms with E-state index in [0.29, 0.717) is 16.3 Å². The molecule has 7 nitrogen and oxygen atoms in total. The van der Waals surface area contributed by atoms with Gasteiger partial charge >= 0.3 is 0 Å². The van der Waals surface area contributed by atoms with Crippen molar-refractivity contribution in [3.8, 4) is 22.0 Å². The van der Waals surface area contributed by atoms with Gasteiger partial charge in [0, 0.05) is 29.0 Å². The van der Waals surface area contributed by atoms with Gasteiger partial charge in [-0.15, -0.1) is 22.7 Å². The number of H-pyrrole nitrogens is 1. The van der Waals surface area contributed by atoms with E-state index in [1.807, 2.05) is 64.0 Å². The Bertz CT molecular complexity index is 1310. The smallest absolute Gasteiger partial charge is 0.244 e. The largest absolute Gasteiger partial charge is 0.325 e. The Balaban J connectivity index is 1.31. The van der Waals surface area contributed by atoms with E-state index < -0.39 is 0 Å². The van der Waals surface area contributed by atoms with Crippen LogP contribution in [0.1, 0.15) is 0 Å². The molecule has 29 heavy (non-hydrogen) atoms. The number of fused-ring (bicyclic) bond motifs is 1. The highest BCUT2D eigenvalue weighted by atomic mass is 32.1. The maximum atomic E-state index is 12.6. The van der Waals surface area contributed by atoms with Gasteiger partial charge < -0.3 is 5.32 Å². The van der Waals surface area contributed by atoms with E-state index >= 15 is 0 Å². The monoisotopic (exact) mass is 438 g/mol. The zero-order valence-electron chi connectivity index (χ0n) is 14.9. The van der Waals surface area contributed by atoms with Gasteiger partial charge in [0.25, 0.3) is 0 Å². The summed E-state index contributed by atoms with van der Waals surface area (Å²) in [5.74, 6) is 0.491. The van der Waals surface area contributed by atoms with Crippen LogP contribution < -0.4 is 5.32 Å². The fourth-order valence-corrected chi connectivity index (χ4v) is 4.61. The van der Waals surface area contributed by atoms with Crippen molar-refractivity contribution in [1.29, 1.82) is 0 Å². The minimum atomic E-state index is -0.171. The lowest BCUT2D eigenvalue weighted by molar-refractivity contribution is -0.116. The van der Waals surface area contributed by atoms with Gasteiger partial charge in [-0.3, -0.25) is 18.9 Å². The lowest BCUT2D eigenvalue weighted by Gasteiger charge is -2.08. The van der Waals surface area contributed by atoms with Gasteiger partial charge in [0.05, 0.1) is 10.6 Å². The van der Waals surface area contributed by atoms with Crippen molar-refractivity contribution in [1.82, 2.24) is 24.1 Å². The molecule has 1 aromatic carbocycles. The number of aromatic nitrogens is 5. The normalized spacial score (nSPS) is 11.2. The highest BCUT2D eigenvalue weighted by molar-refractivity contribution is 7.71. The van der Waals surface area contributed by atoms with Gasteiger partial charge in [0.1, 0.15) is 6.54 Å². The third-order valence-corrected chi connectivity index (χ3v) is 6.31. The Morgan fingerprint density at radius 2 is 2.03 bits per heavy atom. The van der Waals surface area contributed by atoms with Crippen molar-refractivity contribution in [2.24, 2.45) is 0 Å². The summed E-state index contributed by atoms with van der Waals surface area (Å²) in [4.78, 5) is 19.1.